The first-order valence-electron chi connectivity index (χ1n) is 7.11. The molecule has 0 saturated heterocycles. The molecule has 1 aromatic heterocycles. The van der Waals surface area contributed by atoms with Crippen LogP contribution in [0, 0.1) is 6.92 Å². The van der Waals surface area contributed by atoms with Gasteiger partial charge in [0.05, 0.1) is 17.3 Å². The lowest BCUT2D eigenvalue weighted by Gasteiger charge is -2.14. The molecule has 0 radical (unpaired) electrons. The van der Waals surface area contributed by atoms with Gasteiger partial charge in [0.25, 0.3) is 0 Å². The molecule has 24 heavy (non-hydrogen) atoms. The first-order valence-corrected chi connectivity index (χ1v) is 7.49. The van der Waals surface area contributed by atoms with E-state index in [1.807, 2.05) is 0 Å². The number of rotatable bonds is 6. The van der Waals surface area contributed by atoms with Gasteiger partial charge in [-0.05, 0) is 26.0 Å². The van der Waals surface area contributed by atoms with E-state index in [9.17, 15) is 14.7 Å². The summed E-state index contributed by atoms with van der Waals surface area (Å²) in [5.74, 6) is -0.758. The molecule has 7 nitrogen and oxygen atoms in total. The Morgan fingerprint density at radius 2 is 2.08 bits per heavy atom. The summed E-state index contributed by atoms with van der Waals surface area (Å²) in [5.41, 5.74) is 0.438. The Balaban J connectivity index is 2.24. The van der Waals surface area contributed by atoms with Gasteiger partial charge in [-0.25, -0.2) is 9.59 Å². The molecule has 2 N–H and O–H groups in total. The molecule has 0 saturated carbocycles. The molecule has 0 aliphatic heterocycles. The number of halogens is 1. The van der Waals surface area contributed by atoms with Crippen LogP contribution in [0.15, 0.2) is 34.7 Å². The summed E-state index contributed by atoms with van der Waals surface area (Å²) in [4.78, 5) is 22.9. The van der Waals surface area contributed by atoms with Gasteiger partial charge in [0.1, 0.15) is 11.5 Å². The zero-order chi connectivity index (χ0) is 17.7. The number of carbonyl (C=O) groups excluding carboxylic acids is 1. The molecular formula is C16H16ClNO6. The van der Waals surface area contributed by atoms with Crippen LogP contribution in [-0.2, 0) is 9.53 Å². The van der Waals surface area contributed by atoms with Crippen molar-refractivity contribution < 1.29 is 28.6 Å². The predicted molar refractivity (Wildman–Crippen MR) is 86.5 cm³/mol. The molecule has 2 rings (SSSR count). The molecule has 0 amide bonds. The van der Waals surface area contributed by atoms with Crippen molar-refractivity contribution in [2.45, 2.75) is 19.9 Å². The van der Waals surface area contributed by atoms with Gasteiger partial charge in [-0.2, -0.15) is 0 Å². The number of anilines is 1. The molecule has 8 heteroatoms. The van der Waals surface area contributed by atoms with Crippen LogP contribution in [0.2, 0.25) is 5.02 Å². The van der Waals surface area contributed by atoms with Crippen LogP contribution in [0.4, 0.5) is 10.5 Å². The monoisotopic (exact) mass is 353 g/mol. The first kappa shape index (κ1) is 17.7. The number of aryl methyl sites for hydroxylation is 1. The standard InChI is InChI=1S/C16H16ClNO6/c1-3-22-16(21)24-12-8-13(23-9(12)2)14(15(19)20)18-11-7-5-4-6-10(11)17/h4-8,14,18H,3H2,1-2H3,(H,19,20). The largest absolute Gasteiger partial charge is 0.513 e. The fraction of sp³-hybridized carbons (Fsp3) is 0.250. The summed E-state index contributed by atoms with van der Waals surface area (Å²) in [6.07, 6.45) is -0.890. The highest BCUT2D eigenvalue weighted by molar-refractivity contribution is 6.33. The number of nitrogens with one attached hydrogen (secondary N) is 1. The van der Waals surface area contributed by atoms with Gasteiger partial charge in [0.15, 0.2) is 11.8 Å². The minimum absolute atomic E-state index is 0.0687. The summed E-state index contributed by atoms with van der Waals surface area (Å²) >= 11 is 6.03. The number of benzene rings is 1. The van der Waals surface area contributed by atoms with E-state index < -0.39 is 18.2 Å². The molecule has 2 aromatic rings. The van der Waals surface area contributed by atoms with Gasteiger partial charge in [-0.3, -0.25) is 0 Å². The molecule has 128 valence electrons. The van der Waals surface area contributed by atoms with Crippen LogP contribution >= 0.6 is 11.6 Å². The van der Waals surface area contributed by atoms with Crippen LogP contribution in [0.25, 0.3) is 0 Å². The van der Waals surface area contributed by atoms with Gasteiger partial charge in [0, 0.05) is 6.07 Å². The van der Waals surface area contributed by atoms with Crippen molar-refractivity contribution in [2.24, 2.45) is 0 Å². The highest BCUT2D eigenvalue weighted by atomic mass is 35.5. The third-order valence-corrected chi connectivity index (χ3v) is 3.38. The summed E-state index contributed by atoms with van der Waals surface area (Å²) in [6, 6.07) is 6.84. The molecule has 0 bridgehead atoms. The molecule has 0 aliphatic carbocycles. The van der Waals surface area contributed by atoms with Crippen molar-refractivity contribution in [1.82, 2.24) is 0 Å². The Hall–Kier alpha value is -2.67. The maximum absolute atomic E-state index is 11.6. The summed E-state index contributed by atoms with van der Waals surface area (Å²) in [6.45, 7) is 3.35. The van der Waals surface area contributed by atoms with Crippen molar-refractivity contribution in [3.63, 3.8) is 0 Å². The van der Waals surface area contributed by atoms with Crippen LogP contribution in [0.1, 0.15) is 24.5 Å². The Kier molecular flexibility index (Phi) is 5.70. The number of hydrogen-bond donors (Lipinski definition) is 2. The zero-order valence-corrected chi connectivity index (χ0v) is 13.8. The molecule has 1 unspecified atom stereocenters. The van der Waals surface area contributed by atoms with E-state index in [1.54, 1.807) is 38.1 Å². The number of para-hydroxylation sites is 1. The molecule has 0 aliphatic rings. The van der Waals surface area contributed by atoms with E-state index in [2.05, 4.69) is 10.1 Å². The van der Waals surface area contributed by atoms with Gasteiger partial charge < -0.3 is 24.3 Å². The first-order chi connectivity index (χ1) is 11.4. The number of carboxylic acids is 1. The number of hydrogen-bond acceptors (Lipinski definition) is 6. The van der Waals surface area contributed by atoms with Crippen LogP contribution in [-0.4, -0.2) is 23.8 Å². The minimum atomic E-state index is -1.21. The molecule has 1 aromatic carbocycles. The molecular weight excluding hydrogens is 338 g/mol. The molecule has 1 atom stereocenters. The van der Waals surface area contributed by atoms with E-state index in [4.69, 9.17) is 20.8 Å². The van der Waals surface area contributed by atoms with E-state index in [-0.39, 0.29) is 23.9 Å². The second-order valence-corrected chi connectivity index (χ2v) is 5.16. The Morgan fingerprint density at radius 3 is 2.71 bits per heavy atom. The number of aliphatic carboxylic acids is 1. The van der Waals surface area contributed by atoms with E-state index >= 15 is 0 Å². The summed E-state index contributed by atoms with van der Waals surface area (Å²) < 4.78 is 15.1. The molecule has 0 fully saturated rings. The Labute approximate surface area is 143 Å². The predicted octanol–water partition coefficient (Wildman–Crippen LogP) is 4.01. The SMILES string of the molecule is CCOC(=O)Oc1cc(C(Nc2ccccc2Cl)C(=O)O)oc1C. The van der Waals surface area contributed by atoms with E-state index in [1.165, 1.54) is 6.07 Å². The second-order valence-electron chi connectivity index (χ2n) is 4.75. The van der Waals surface area contributed by atoms with Crippen molar-refractivity contribution >= 4 is 29.4 Å². The number of ether oxygens (including phenoxy) is 2. The third kappa shape index (κ3) is 4.20. The van der Waals surface area contributed by atoms with Crippen LogP contribution < -0.4 is 10.1 Å². The maximum Gasteiger partial charge on any atom is 0.513 e. The highest BCUT2D eigenvalue weighted by Gasteiger charge is 2.26. The van der Waals surface area contributed by atoms with Crippen molar-refractivity contribution in [3.05, 3.63) is 46.9 Å². The average Bonchev–Trinajstić information content (AvgIpc) is 2.87. The van der Waals surface area contributed by atoms with Crippen LogP contribution in [0.5, 0.6) is 5.75 Å². The van der Waals surface area contributed by atoms with Crippen molar-refractivity contribution in [2.75, 3.05) is 11.9 Å². The Bertz CT molecular complexity index is 742. The van der Waals surface area contributed by atoms with Crippen LogP contribution in [0.3, 0.4) is 0 Å². The number of carboxylic acid groups (broad SMARTS) is 1. The van der Waals surface area contributed by atoms with Crippen molar-refractivity contribution in [3.8, 4) is 5.75 Å². The molecule has 1 heterocycles. The number of furan rings is 1. The van der Waals surface area contributed by atoms with Gasteiger partial charge in [0.2, 0.25) is 0 Å². The lowest BCUT2D eigenvalue weighted by Crippen LogP contribution is -2.20. The third-order valence-electron chi connectivity index (χ3n) is 3.05. The maximum atomic E-state index is 11.6. The summed E-state index contributed by atoms with van der Waals surface area (Å²) in [5, 5.41) is 12.6. The average molecular weight is 354 g/mol. The van der Waals surface area contributed by atoms with Crippen molar-refractivity contribution in [1.29, 1.82) is 0 Å². The molecule has 0 spiro atoms. The van der Waals surface area contributed by atoms with Gasteiger partial charge in [-0.15, -0.1) is 0 Å². The lowest BCUT2D eigenvalue weighted by molar-refractivity contribution is -0.138. The number of carbonyl (C=O) groups is 2. The zero-order valence-electron chi connectivity index (χ0n) is 13.0. The smallest absolute Gasteiger partial charge is 0.479 e. The van der Waals surface area contributed by atoms with Gasteiger partial charge >= 0.3 is 12.1 Å². The van der Waals surface area contributed by atoms with E-state index in [0.717, 1.165) is 0 Å². The lowest BCUT2D eigenvalue weighted by atomic mass is 10.2. The normalized spacial score (nSPS) is 11.6. The Morgan fingerprint density at radius 1 is 1.38 bits per heavy atom. The summed E-state index contributed by atoms with van der Waals surface area (Å²) in [7, 11) is 0. The fourth-order valence-corrected chi connectivity index (χ4v) is 2.15. The van der Waals surface area contributed by atoms with Gasteiger partial charge in [-0.1, -0.05) is 23.7 Å². The minimum Gasteiger partial charge on any atom is -0.479 e. The fourth-order valence-electron chi connectivity index (χ4n) is 1.96. The quantitative estimate of drug-likeness (QED) is 0.757. The highest BCUT2D eigenvalue weighted by Crippen LogP contribution is 2.31. The second kappa shape index (κ2) is 7.74. The van der Waals surface area contributed by atoms with E-state index in [0.29, 0.717) is 10.7 Å². The topological polar surface area (TPSA) is 98.0 Å².